The van der Waals surface area contributed by atoms with Gasteiger partial charge in [-0.1, -0.05) is 30.5 Å². The van der Waals surface area contributed by atoms with Gasteiger partial charge in [0.2, 0.25) is 10.0 Å². The SMILES string of the molecule is COc1ccc(C(=O)NC2CCCC2)cc1CN(C)S(=O)(=O)c1ccc(C)cc1. The molecule has 0 atom stereocenters. The first-order valence-electron chi connectivity index (χ1n) is 9.82. The van der Waals surface area contributed by atoms with E-state index in [9.17, 15) is 13.2 Å². The van der Waals surface area contributed by atoms with E-state index >= 15 is 0 Å². The van der Waals surface area contributed by atoms with Crippen molar-refractivity contribution < 1.29 is 17.9 Å². The van der Waals surface area contributed by atoms with E-state index in [0.29, 0.717) is 16.9 Å². The Kier molecular flexibility index (Phi) is 6.59. The van der Waals surface area contributed by atoms with Gasteiger partial charge in [0.15, 0.2) is 0 Å². The van der Waals surface area contributed by atoms with E-state index in [2.05, 4.69) is 5.32 Å². The van der Waals surface area contributed by atoms with Crippen molar-refractivity contribution in [3.05, 3.63) is 59.2 Å². The lowest BCUT2D eigenvalue weighted by Crippen LogP contribution is -2.32. The van der Waals surface area contributed by atoms with Crippen LogP contribution in [-0.2, 0) is 16.6 Å². The number of carbonyl (C=O) groups is 1. The van der Waals surface area contributed by atoms with Crippen LogP contribution in [0.5, 0.6) is 5.75 Å². The molecule has 1 N–H and O–H groups in total. The first-order valence-corrected chi connectivity index (χ1v) is 11.3. The van der Waals surface area contributed by atoms with E-state index in [-0.39, 0.29) is 23.4 Å². The third-order valence-electron chi connectivity index (χ3n) is 5.36. The fourth-order valence-electron chi connectivity index (χ4n) is 3.60. The maximum Gasteiger partial charge on any atom is 0.251 e. The number of methoxy groups -OCH3 is 1. The summed E-state index contributed by atoms with van der Waals surface area (Å²) in [4.78, 5) is 12.8. The molecule has 29 heavy (non-hydrogen) atoms. The molecule has 1 aliphatic rings. The summed E-state index contributed by atoms with van der Waals surface area (Å²) in [5, 5.41) is 3.06. The summed E-state index contributed by atoms with van der Waals surface area (Å²) in [6.45, 7) is 2.01. The molecule has 2 aromatic rings. The van der Waals surface area contributed by atoms with Crippen LogP contribution in [0.25, 0.3) is 0 Å². The molecule has 156 valence electrons. The van der Waals surface area contributed by atoms with Gasteiger partial charge in [-0.05, 0) is 50.1 Å². The maximum absolute atomic E-state index is 12.9. The second-order valence-electron chi connectivity index (χ2n) is 7.56. The predicted molar refractivity (Wildman–Crippen MR) is 113 cm³/mol. The van der Waals surface area contributed by atoms with Gasteiger partial charge in [0.05, 0.1) is 12.0 Å². The second kappa shape index (κ2) is 8.97. The van der Waals surface area contributed by atoms with Crippen molar-refractivity contribution in [2.75, 3.05) is 14.2 Å². The van der Waals surface area contributed by atoms with E-state index in [1.165, 1.54) is 18.5 Å². The first-order chi connectivity index (χ1) is 13.8. The molecule has 0 saturated heterocycles. The number of carbonyl (C=O) groups excluding carboxylic acids is 1. The Bertz CT molecular complexity index is 965. The Morgan fingerprint density at radius 1 is 1.14 bits per heavy atom. The summed E-state index contributed by atoms with van der Waals surface area (Å²) in [6.07, 6.45) is 4.29. The van der Waals surface area contributed by atoms with Crippen LogP contribution in [0.4, 0.5) is 0 Å². The van der Waals surface area contributed by atoms with Gasteiger partial charge < -0.3 is 10.1 Å². The lowest BCUT2D eigenvalue weighted by Gasteiger charge is -2.20. The number of benzene rings is 2. The van der Waals surface area contributed by atoms with E-state index < -0.39 is 10.0 Å². The van der Waals surface area contributed by atoms with E-state index in [4.69, 9.17) is 4.74 Å². The Balaban J connectivity index is 1.81. The average molecular weight is 417 g/mol. The monoisotopic (exact) mass is 416 g/mol. The molecule has 7 heteroatoms. The molecule has 0 radical (unpaired) electrons. The fourth-order valence-corrected chi connectivity index (χ4v) is 4.75. The highest BCUT2D eigenvalue weighted by atomic mass is 32.2. The zero-order valence-electron chi connectivity index (χ0n) is 17.1. The highest BCUT2D eigenvalue weighted by molar-refractivity contribution is 7.89. The van der Waals surface area contributed by atoms with Crippen molar-refractivity contribution in [3.8, 4) is 5.75 Å². The number of hydrogen-bond donors (Lipinski definition) is 1. The Labute approximate surface area is 172 Å². The van der Waals surface area contributed by atoms with Crippen molar-refractivity contribution in [1.82, 2.24) is 9.62 Å². The van der Waals surface area contributed by atoms with Gasteiger partial charge in [-0.25, -0.2) is 8.42 Å². The van der Waals surface area contributed by atoms with Gasteiger partial charge in [0, 0.05) is 30.8 Å². The number of amides is 1. The maximum atomic E-state index is 12.9. The van der Waals surface area contributed by atoms with Gasteiger partial charge in [0.25, 0.3) is 5.91 Å². The normalized spacial score (nSPS) is 14.9. The number of aryl methyl sites for hydroxylation is 1. The van der Waals surface area contributed by atoms with Gasteiger partial charge in [-0.3, -0.25) is 4.79 Å². The molecule has 1 saturated carbocycles. The number of ether oxygens (including phenoxy) is 1. The molecule has 3 rings (SSSR count). The van der Waals surface area contributed by atoms with Crippen LogP contribution in [-0.4, -0.2) is 38.8 Å². The van der Waals surface area contributed by atoms with Crippen LogP contribution < -0.4 is 10.1 Å². The van der Waals surface area contributed by atoms with Gasteiger partial charge in [0.1, 0.15) is 5.75 Å². The van der Waals surface area contributed by atoms with Crippen molar-refractivity contribution in [1.29, 1.82) is 0 Å². The molecule has 0 aliphatic heterocycles. The lowest BCUT2D eigenvalue weighted by molar-refractivity contribution is 0.0937. The Hall–Kier alpha value is -2.38. The minimum absolute atomic E-state index is 0.101. The molecule has 0 spiro atoms. The molecule has 1 amide bonds. The number of hydrogen-bond acceptors (Lipinski definition) is 4. The molecule has 6 nitrogen and oxygen atoms in total. The minimum atomic E-state index is -3.65. The van der Waals surface area contributed by atoms with E-state index in [0.717, 1.165) is 31.2 Å². The molecule has 2 aromatic carbocycles. The van der Waals surface area contributed by atoms with Gasteiger partial charge >= 0.3 is 0 Å². The Morgan fingerprint density at radius 2 is 1.79 bits per heavy atom. The number of rotatable bonds is 7. The van der Waals surface area contributed by atoms with Gasteiger partial charge in [-0.2, -0.15) is 4.31 Å². The summed E-state index contributed by atoms with van der Waals surface area (Å²) in [6, 6.07) is 12.1. The molecule has 0 unspecified atom stereocenters. The quantitative estimate of drug-likeness (QED) is 0.750. The number of sulfonamides is 1. The summed E-state index contributed by atoms with van der Waals surface area (Å²) >= 11 is 0. The van der Waals surface area contributed by atoms with Crippen molar-refractivity contribution >= 4 is 15.9 Å². The van der Waals surface area contributed by atoms with Crippen molar-refractivity contribution in [2.45, 2.75) is 50.1 Å². The summed E-state index contributed by atoms with van der Waals surface area (Å²) in [7, 11) is -0.592. The van der Waals surface area contributed by atoms with E-state index in [1.807, 2.05) is 6.92 Å². The van der Waals surface area contributed by atoms with Crippen LogP contribution in [0.2, 0.25) is 0 Å². The first kappa shape index (κ1) is 21.3. The number of nitrogens with zero attached hydrogens (tertiary/aromatic N) is 1. The van der Waals surface area contributed by atoms with Crippen molar-refractivity contribution in [3.63, 3.8) is 0 Å². The third-order valence-corrected chi connectivity index (χ3v) is 7.17. The summed E-state index contributed by atoms with van der Waals surface area (Å²) < 4.78 is 32.5. The zero-order valence-corrected chi connectivity index (χ0v) is 18.0. The average Bonchev–Trinajstić information content (AvgIpc) is 3.21. The largest absolute Gasteiger partial charge is 0.496 e. The zero-order chi connectivity index (χ0) is 21.0. The van der Waals surface area contributed by atoms with Crippen LogP contribution in [0.15, 0.2) is 47.4 Å². The predicted octanol–water partition coefficient (Wildman–Crippen LogP) is 3.50. The smallest absolute Gasteiger partial charge is 0.251 e. The summed E-state index contributed by atoms with van der Waals surface area (Å²) in [5.74, 6) is 0.415. The fraction of sp³-hybridized carbons (Fsp3) is 0.409. The Morgan fingerprint density at radius 3 is 2.41 bits per heavy atom. The standard InChI is InChI=1S/C22H28N2O4S/c1-16-8-11-20(12-9-16)29(26,27)24(2)15-18-14-17(10-13-21(18)28-3)22(25)23-19-6-4-5-7-19/h8-14,19H,4-7,15H2,1-3H3,(H,23,25). The molecule has 0 heterocycles. The molecule has 1 aliphatic carbocycles. The topological polar surface area (TPSA) is 75.7 Å². The molecule has 0 aromatic heterocycles. The minimum Gasteiger partial charge on any atom is -0.496 e. The molecule has 0 bridgehead atoms. The van der Waals surface area contributed by atoms with Crippen LogP contribution in [0.1, 0.15) is 47.2 Å². The van der Waals surface area contributed by atoms with E-state index in [1.54, 1.807) is 42.5 Å². The third kappa shape index (κ3) is 4.97. The molecular formula is C22H28N2O4S. The summed E-state index contributed by atoms with van der Waals surface area (Å²) in [5.41, 5.74) is 2.15. The van der Waals surface area contributed by atoms with Crippen LogP contribution >= 0.6 is 0 Å². The molecule has 1 fully saturated rings. The number of nitrogens with one attached hydrogen (secondary N) is 1. The van der Waals surface area contributed by atoms with Crippen LogP contribution in [0, 0.1) is 6.92 Å². The van der Waals surface area contributed by atoms with Crippen molar-refractivity contribution in [2.24, 2.45) is 0 Å². The highest BCUT2D eigenvalue weighted by Crippen LogP contribution is 2.25. The highest BCUT2D eigenvalue weighted by Gasteiger charge is 2.23. The van der Waals surface area contributed by atoms with Crippen LogP contribution in [0.3, 0.4) is 0 Å². The lowest BCUT2D eigenvalue weighted by atomic mass is 10.1. The van der Waals surface area contributed by atoms with Gasteiger partial charge in [-0.15, -0.1) is 0 Å². The molecular weight excluding hydrogens is 388 g/mol. The second-order valence-corrected chi connectivity index (χ2v) is 9.60.